The molecule has 0 saturated heterocycles. The quantitative estimate of drug-likeness (QED) is 0.290. The van der Waals surface area contributed by atoms with Gasteiger partial charge in [-0.1, -0.05) is 45.4 Å². The summed E-state index contributed by atoms with van der Waals surface area (Å²) in [4.78, 5) is 42.2. The van der Waals surface area contributed by atoms with Crippen molar-refractivity contribution in [3.8, 4) is 0 Å². The third-order valence-corrected chi connectivity index (χ3v) is 5.78. The second kappa shape index (κ2) is 8.50. The molecule has 1 aromatic rings. The zero-order chi connectivity index (χ0) is 22.1. The highest BCUT2D eigenvalue weighted by molar-refractivity contribution is 6.12. The number of benzene rings is 1. The average Bonchev–Trinajstić information content (AvgIpc) is 2.65. The second-order valence-electron chi connectivity index (χ2n) is 8.85. The number of hydrogen-bond donors (Lipinski definition) is 0. The van der Waals surface area contributed by atoms with Crippen LogP contribution in [0.4, 0.5) is 5.69 Å². The third kappa shape index (κ3) is 4.20. The van der Waals surface area contributed by atoms with Gasteiger partial charge in [0.25, 0.3) is 5.69 Å². The van der Waals surface area contributed by atoms with Crippen LogP contribution in [0.15, 0.2) is 40.5 Å². The molecule has 0 radical (unpaired) electrons. The molecule has 2 atom stereocenters. The Balaban J connectivity index is 2.16. The van der Waals surface area contributed by atoms with Crippen molar-refractivity contribution < 1.29 is 19.2 Å². The summed E-state index contributed by atoms with van der Waals surface area (Å²) < 4.78 is 5.45. The van der Waals surface area contributed by atoms with E-state index in [2.05, 4.69) is 4.99 Å². The summed E-state index contributed by atoms with van der Waals surface area (Å²) in [5.41, 5.74) is 1.43. The van der Waals surface area contributed by atoms with Crippen LogP contribution in [0.25, 0.3) is 0 Å². The molecule has 0 N–H and O–H groups in total. The van der Waals surface area contributed by atoms with Crippen molar-refractivity contribution in [1.82, 2.24) is 0 Å². The van der Waals surface area contributed by atoms with E-state index in [1.165, 1.54) is 6.07 Å². The van der Waals surface area contributed by atoms with Gasteiger partial charge in [0.15, 0.2) is 0 Å². The topological polar surface area (TPSA) is 98.9 Å². The van der Waals surface area contributed by atoms with Crippen LogP contribution in [0.1, 0.15) is 64.9 Å². The summed E-state index contributed by atoms with van der Waals surface area (Å²) in [5.74, 6) is -2.04. The maximum Gasteiger partial charge on any atom is 0.336 e. The molecule has 0 amide bonds. The van der Waals surface area contributed by atoms with Crippen LogP contribution in [0.2, 0.25) is 0 Å². The van der Waals surface area contributed by atoms with Gasteiger partial charge in [-0.15, -0.1) is 0 Å². The summed E-state index contributed by atoms with van der Waals surface area (Å²) in [6, 6.07) is 6.32. The van der Waals surface area contributed by atoms with Crippen molar-refractivity contribution in [2.75, 3.05) is 6.61 Å². The smallest absolute Gasteiger partial charge is 0.336 e. The van der Waals surface area contributed by atoms with E-state index in [1.807, 2.05) is 20.8 Å². The number of unbranched alkanes of at least 4 members (excludes halogenated alkanes) is 1. The van der Waals surface area contributed by atoms with Gasteiger partial charge in [-0.05, 0) is 25.2 Å². The average molecular weight is 412 g/mol. The molecule has 1 aliphatic carbocycles. The molecule has 1 heterocycles. The van der Waals surface area contributed by atoms with E-state index in [4.69, 9.17) is 4.74 Å². The number of nitro groups is 1. The van der Waals surface area contributed by atoms with Gasteiger partial charge < -0.3 is 4.74 Å². The first kappa shape index (κ1) is 21.9. The minimum absolute atomic E-state index is 0.0421. The van der Waals surface area contributed by atoms with Crippen LogP contribution in [0, 0.1) is 21.4 Å². The number of ketones is 1. The number of para-hydroxylation sites is 1. The van der Waals surface area contributed by atoms with Crippen LogP contribution >= 0.6 is 0 Å². The van der Waals surface area contributed by atoms with Crippen LogP contribution in [-0.4, -0.2) is 29.0 Å². The van der Waals surface area contributed by atoms with E-state index in [-0.39, 0.29) is 29.1 Å². The van der Waals surface area contributed by atoms with E-state index in [0.29, 0.717) is 29.8 Å². The van der Waals surface area contributed by atoms with Gasteiger partial charge in [0.1, 0.15) is 5.78 Å². The largest absolute Gasteiger partial charge is 0.462 e. The number of hydrogen-bond acceptors (Lipinski definition) is 6. The molecule has 1 saturated carbocycles. The van der Waals surface area contributed by atoms with E-state index in [9.17, 15) is 19.7 Å². The fraction of sp³-hybridized carbons (Fsp3) is 0.522. The molecule has 7 heteroatoms. The molecule has 0 aromatic heterocycles. The number of carbonyl (C=O) groups excluding carboxylic acids is 2. The number of carbonyl (C=O) groups is 2. The Hall–Kier alpha value is -2.83. The SMILES string of the molecule is CCCCOC(=O)C1=C(C)N=C2CC(C)(C)CC(=O)C2C1c1ccccc1[N+](=O)[O-]. The lowest BCUT2D eigenvalue weighted by Crippen LogP contribution is -2.44. The lowest BCUT2D eigenvalue weighted by atomic mass is 9.63. The zero-order valence-electron chi connectivity index (χ0n) is 17.9. The summed E-state index contributed by atoms with van der Waals surface area (Å²) in [7, 11) is 0. The predicted molar refractivity (Wildman–Crippen MR) is 113 cm³/mol. The first-order chi connectivity index (χ1) is 14.2. The molecular formula is C23H28N2O5. The van der Waals surface area contributed by atoms with E-state index in [1.54, 1.807) is 25.1 Å². The van der Waals surface area contributed by atoms with Gasteiger partial charge in [-0.2, -0.15) is 0 Å². The number of allylic oxidation sites excluding steroid dienone is 1. The van der Waals surface area contributed by atoms with Crippen molar-refractivity contribution in [2.45, 2.75) is 59.3 Å². The highest BCUT2D eigenvalue weighted by Gasteiger charge is 2.49. The molecule has 3 rings (SSSR count). The number of nitrogens with zero attached hydrogens (tertiary/aromatic N) is 2. The van der Waals surface area contributed by atoms with Gasteiger partial charge in [-0.3, -0.25) is 19.9 Å². The predicted octanol–water partition coefficient (Wildman–Crippen LogP) is 4.76. The lowest BCUT2D eigenvalue weighted by Gasteiger charge is -2.40. The highest BCUT2D eigenvalue weighted by atomic mass is 16.6. The van der Waals surface area contributed by atoms with Gasteiger partial charge >= 0.3 is 5.97 Å². The van der Waals surface area contributed by atoms with Gasteiger partial charge in [0.2, 0.25) is 0 Å². The summed E-state index contributed by atoms with van der Waals surface area (Å²) >= 11 is 0. The maximum absolute atomic E-state index is 13.2. The Kier molecular flexibility index (Phi) is 6.19. The van der Waals surface area contributed by atoms with Gasteiger partial charge in [0, 0.05) is 35.4 Å². The number of fused-ring (bicyclic) bond motifs is 1. The monoisotopic (exact) mass is 412 g/mol. The first-order valence-electron chi connectivity index (χ1n) is 10.4. The normalized spacial score (nSPS) is 22.9. The van der Waals surface area contributed by atoms with Crippen molar-refractivity contribution in [2.24, 2.45) is 16.3 Å². The molecule has 0 spiro atoms. The third-order valence-electron chi connectivity index (χ3n) is 5.78. The summed E-state index contributed by atoms with van der Waals surface area (Å²) in [5, 5.41) is 11.7. The van der Waals surface area contributed by atoms with Crippen LogP contribution in [-0.2, 0) is 14.3 Å². The van der Waals surface area contributed by atoms with E-state index in [0.717, 1.165) is 12.8 Å². The van der Waals surface area contributed by atoms with Gasteiger partial charge in [-0.25, -0.2) is 4.79 Å². The highest BCUT2D eigenvalue weighted by Crippen LogP contribution is 2.48. The minimum atomic E-state index is -0.767. The molecular weight excluding hydrogens is 384 g/mol. The minimum Gasteiger partial charge on any atom is -0.462 e. The lowest BCUT2D eigenvalue weighted by molar-refractivity contribution is -0.385. The van der Waals surface area contributed by atoms with Crippen LogP contribution in [0.5, 0.6) is 0 Å². The molecule has 1 aromatic carbocycles. The standard InChI is InChI=1S/C23H28N2O5/c1-5-6-11-30-22(27)19-14(2)24-16-12-23(3,4)13-18(26)21(16)20(19)15-9-7-8-10-17(15)25(28)29/h7-10,20-21H,5-6,11-13H2,1-4H3. The van der Waals surface area contributed by atoms with E-state index >= 15 is 0 Å². The van der Waals surface area contributed by atoms with Crippen molar-refractivity contribution in [3.05, 3.63) is 51.2 Å². The molecule has 1 aliphatic heterocycles. The molecule has 1 fully saturated rings. The Morgan fingerprint density at radius 3 is 2.63 bits per heavy atom. The Bertz CT molecular complexity index is 945. The molecule has 2 aliphatic rings. The maximum atomic E-state index is 13.2. The number of aliphatic imine (C=N–C) groups is 1. The second-order valence-corrected chi connectivity index (χ2v) is 8.85. The van der Waals surface area contributed by atoms with Crippen molar-refractivity contribution >= 4 is 23.2 Å². The molecule has 7 nitrogen and oxygen atoms in total. The number of rotatable bonds is 6. The number of ether oxygens (including phenoxy) is 1. The summed E-state index contributed by atoms with van der Waals surface area (Å²) in [6.45, 7) is 7.99. The van der Waals surface area contributed by atoms with Gasteiger partial charge in [0.05, 0.1) is 23.0 Å². The zero-order valence-corrected chi connectivity index (χ0v) is 17.9. The Morgan fingerprint density at radius 2 is 1.97 bits per heavy atom. The Morgan fingerprint density at radius 1 is 1.27 bits per heavy atom. The molecule has 0 bridgehead atoms. The fourth-order valence-electron chi connectivity index (χ4n) is 4.50. The van der Waals surface area contributed by atoms with Crippen LogP contribution in [0.3, 0.4) is 0 Å². The van der Waals surface area contributed by atoms with Crippen LogP contribution < -0.4 is 0 Å². The molecule has 160 valence electrons. The Labute approximate surface area is 176 Å². The van der Waals surface area contributed by atoms with Crippen molar-refractivity contribution in [1.29, 1.82) is 0 Å². The van der Waals surface area contributed by atoms with E-state index < -0.39 is 22.7 Å². The first-order valence-corrected chi connectivity index (χ1v) is 10.4. The molecule has 30 heavy (non-hydrogen) atoms. The number of esters is 1. The number of Topliss-reactive ketones (excluding diaryl/α,β-unsaturated/α-hetero) is 1. The molecule has 2 unspecified atom stereocenters. The number of nitro benzene ring substituents is 1. The summed E-state index contributed by atoms with van der Waals surface area (Å²) in [6.07, 6.45) is 2.54. The fourth-order valence-corrected chi connectivity index (χ4v) is 4.50. The van der Waals surface area contributed by atoms with Crippen molar-refractivity contribution in [3.63, 3.8) is 0 Å².